The second-order valence-corrected chi connectivity index (χ2v) is 11.8. The average Bonchev–Trinajstić information content (AvgIpc) is 3.08. The molecule has 2 fully saturated rings. The zero-order chi connectivity index (χ0) is 24.2. The molecule has 5 atom stereocenters. The van der Waals surface area contributed by atoms with Crippen LogP contribution in [0.25, 0.3) is 0 Å². The second kappa shape index (κ2) is 11.1. The van der Waals surface area contributed by atoms with Gasteiger partial charge in [0.1, 0.15) is 0 Å². The Hall–Kier alpha value is -1.16. The zero-order valence-electron chi connectivity index (χ0n) is 21.6. The summed E-state index contributed by atoms with van der Waals surface area (Å²) in [4.78, 5) is 0. The fourth-order valence-electron chi connectivity index (χ4n) is 6.64. The van der Waals surface area contributed by atoms with Crippen molar-refractivity contribution in [3.8, 4) is 0 Å². The largest absolute Gasteiger partial charge is 0.393 e. The van der Waals surface area contributed by atoms with Crippen LogP contribution >= 0.6 is 0 Å². The van der Waals surface area contributed by atoms with Crippen LogP contribution in [0, 0.1) is 17.3 Å². The van der Waals surface area contributed by atoms with Gasteiger partial charge in [0.2, 0.25) is 0 Å². The molecule has 0 aromatic rings. The molecule has 0 radical (unpaired) electrons. The lowest BCUT2D eigenvalue weighted by Gasteiger charge is -2.43. The van der Waals surface area contributed by atoms with Crippen molar-refractivity contribution in [2.75, 3.05) is 0 Å². The average molecular weight is 457 g/mol. The molecule has 3 rings (SSSR count). The molecular weight excluding hydrogens is 408 g/mol. The highest BCUT2D eigenvalue weighted by molar-refractivity contribution is 5.40. The number of aliphatic hydroxyl groups is 3. The van der Waals surface area contributed by atoms with Crippen molar-refractivity contribution in [2.24, 2.45) is 17.3 Å². The molecule has 0 spiro atoms. The van der Waals surface area contributed by atoms with Gasteiger partial charge in [0.25, 0.3) is 0 Å². The van der Waals surface area contributed by atoms with E-state index in [0.717, 1.165) is 36.8 Å². The molecular formula is C30H48O3. The van der Waals surface area contributed by atoms with Crippen molar-refractivity contribution in [2.45, 2.75) is 123 Å². The van der Waals surface area contributed by atoms with Crippen LogP contribution in [0.5, 0.6) is 0 Å². The van der Waals surface area contributed by atoms with E-state index in [9.17, 15) is 15.3 Å². The molecule has 3 nitrogen and oxygen atoms in total. The molecule has 3 N–H and O–H groups in total. The first-order chi connectivity index (χ1) is 15.5. The first kappa shape index (κ1) is 26.4. The van der Waals surface area contributed by atoms with Crippen LogP contribution in [0.1, 0.15) is 105 Å². The maximum absolute atomic E-state index is 10.2. The molecule has 0 amide bonds. The standard InChI is InChI=1S/C30H48O3/c1-6-7-10-22(11-8-17-29(3,4)33)26-15-16-27-23(12-9-18-30(26,27)5)13-14-24-19-25(31)20-28(32)21(24)2/h13-15,22,25,27-28,31-33H,2,6-12,16-20H2,1,3-5H3/b23-13+,24-14+/t22-,25+,27-,28-,30+/m0/s1. The van der Waals surface area contributed by atoms with E-state index in [0.29, 0.717) is 24.7 Å². The number of rotatable bonds is 9. The van der Waals surface area contributed by atoms with E-state index in [1.54, 1.807) is 5.57 Å². The maximum Gasteiger partial charge on any atom is 0.0811 e. The molecule has 3 aliphatic rings. The minimum atomic E-state index is -0.627. The molecule has 0 aliphatic heterocycles. The zero-order valence-corrected chi connectivity index (χ0v) is 21.6. The van der Waals surface area contributed by atoms with Crippen molar-refractivity contribution in [3.05, 3.63) is 47.1 Å². The number of hydrogen-bond donors (Lipinski definition) is 3. The van der Waals surface area contributed by atoms with E-state index in [4.69, 9.17) is 0 Å². The summed E-state index contributed by atoms with van der Waals surface area (Å²) in [6.45, 7) is 12.7. The SMILES string of the molecule is C=C1/C(=C/C=C2\CCC[C@]3(C)C([C@@H](CCCC)CCCC(C)(C)O)=CC[C@@H]23)C[C@@H](O)C[C@@H]1O. The van der Waals surface area contributed by atoms with Gasteiger partial charge in [-0.05, 0) is 93.6 Å². The van der Waals surface area contributed by atoms with Crippen LogP contribution in [0.4, 0.5) is 0 Å². The predicted octanol–water partition coefficient (Wildman–Crippen LogP) is 6.80. The number of aliphatic hydroxyl groups excluding tert-OH is 2. The Balaban J connectivity index is 1.77. The summed E-state index contributed by atoms with van der Waals surface area (Å²) in [5.74, 6) is 1.19. The van der Waals surface area contributed by atoms with Gasteiger partial charge >= 0.3 is 0 Å². The van der Waals surface area contributed by atoms with Crippen LogP contribution < -0.4 is 0 Å². The van der Waals surface area contributed by atoms with Gasteiger partial charge in [-0.3, -0.25) is 0 Å². The Morgan fingerprint density at radius 2 is 1.94 bits per heavy atom. The molecule has 33 heavy (non-hydrogen) atoms. The molecule has 0 unspecified atom stereocenters. The second-order valence-electron chi connectivity index (χ2n) is 11.8. The Labute approximate surface area is 202 Å². The summed E-state index contributed by atoms with van der Waals surface area (Å²) in [6.07, 6.45) is 18.5. The lowest BCUT2D eigenvalue weighted by atomic mass is 9.61. The first-order valence-electron chi connectivity index (χ1n) is 13.4. The molecule has 3 aliphatic carbocycles. The molecule has 2 saturated carbocycles. The normalized spacial score (nSPS) is 34.0. The van der Waals surface area contributed by atoms with E-state index >= 15 is 0 Å². The minimum Gasteiger partial charge on any atom is -0.393 e. The molecule has 0 saturated heterocycles. The van der Waals surface area contributed by atoms with Gasteiger partial charge in [0.15, 0.2) is 0 Å². The van der Waals surface area contributed by atoms with Gasteiger partial charge in [0, 0.05) is 6.42 Å². The van der Waals surface area contributed by atoms with E-state index in [1.165, 1.54) is 44.1 Å². The van der Waals surface area contributed by atoms with Gasteiger partial charge in [-0.25, -0.2) is 0 Å². The molecule has 0 aromatic heterocycles. The van der Waals surface area contributed by atoms with Gasteiger partial charge in [-0.1, -0.05) is 69.1 Å². The summed E-state index contributed by atoms with van der Waals surface area (Å²) in [5, 5.41) is 30.5. The van der Waals surface area contributed by atoms with Crippen LogP contribution in [0.15, 0.2) is 47.1 Å². The molecule has 3 heteroatoms. The van der Waals surface area contributed by atoms with Crippen molar-refractivity contribution >= 4 is 0 Å². The lowest BCUT2D eigenvalue weighted by molar-refractivity contribution is 0.0666. The van der Waals surface area contributed by atoms with Gasteiger partial charge in [-0.15, -0.1) is 0 Å². The molecule has 186 valence electrons. The summed E-state index contributed by atoms with van der Waals surface area (Å²) in [5.41, 5.74) is 4.63. The molecule has 0 bridgehead atoms. The number of unbranched alkanes of at least 4 members (excludes halogenated alkanes) is 1. The van der Waals surface area contributed by atoms with Crippen LogP contribution in [-0.4, -0.2) is 33.1 Å². The highest BCUT2D eigenvalue weighted by Gasteiger charge is 2.46. The molecule has 0 aromatic carbocycles. The van der Waals surface area contributed by atoms with E-state index in [-0.39, 0.29) is 5.41 Å². The Morgan fingerprint density at radius 1 is 1.21 bits per heavy atom. The van der Waals surface area contributed by atoms with Crippen molar-refractivity contribution < 1.29 is 15.3 Å². The van der Waals surface area contributed by atoms with Crippen LogP contribution in [-0.2, 0) is 0 Å². The maximum atomic E-state index is 10.2. The van der Waals surface area contributed by atoms with E-state index in [1.807, 2.05) is 13.8 Å². The van der Waals surface area contributed by atoms with Crippen molar-refractivity contribution in [1.82, 2.24) is 0 Å². The summed E-state index contributed by atoms with van der Waals surface area (Å²) >= 11 is 0. The lowest BCUT2D eigenvalue weighted by Crippen LogP contribution is -2.33. The van der Waals surface area contributed by atoms with Gasteiger partial charge < -0.3 is 15.3 Å². The Bertz CT molecular complexity index is 781. The van der Waals surface area contributed by atoms with Crippen molar-refractivity contribution in [3.63, 3.8) is 0 Å². The summed E-state index contributed by atoms with van der Waals surface area (Å²) in [7, 11) is 0. The summed E-state index contributed by atoms with van der Waals surface area (Å²) in [6, 6.07) is 0. The fourth-order valence-corrected chi connectivity index (χ4v) is 6.64. The highest BCUT2D eigenvalue weighted by atomic mass is 16.3. The number of hydrogen-bond acceptors (Lipinski definition) is 3. The monoisotopic (exact) mass is 456 g/mol. The van der Waals surface area contributed by atoms with E-state index in [2.05, 4.69) is 38.7 Å². The topological polar surface area (TPSA) is 60.7 Å². The Morgan fingerprint density at radius 3 is 2.64 bits per heavy atom. The van der Waals surface area contributed by atoms with Crippen molar-refractivity contribution in [1.29, 1.82) is 0 Å². The number of allylic oxidation sites excluding steroid dienone is 5. The third kappa shape index (κ3) is 6.50. The first-order valence-corrected chi connectivity index (χ1v) is 13.4. The van der Waals surface area contributed by atoms with Gasteiger partial charge in [-0.2, -0.15) is 0 Å². The Kier molecular flexibility index (Phi) is 8.86. The predicted molar refractivity (Wildman–Crippen MR) is 138 cm³/mol. The summed E-state index contributed by atoms with van der Waals surface area (Å²) < 4.78 is 0. The molecule has 0 heterocycles. The third-order valence-corrected chi connectivity index (χ3v) is 8.56. The van der Waals surface area contributed by atoms with Crippen LogP contribution in [0.2, 0.25) is 0 Å². The smallest absolute Gasteiger partial charge is 0.0811 e. The minimum absolute atomic E-state index is 0.234. The fraction of sp³-hybridized carbons (Fsp3) is 0.733. The van der Waals surface area contributed by atoms with E-state index < -0.39 is 17.8 Å². The van der Waals surface area contributed by atoms with Crippen LogP contribution in [0.3, 0.4) is 0 Å². The highest BCUT2D eigenvalue weighted by Crippen LogP contribution is 2.57. The third-order valence-electron chi connectivity index (χ3n) is 8.56. The van der Waals surface area contributed by atoms with Gasteiger partial charge in [0.05, 0.1) is 17.8 Å². The quantitative estimate of drug-likeness (QED) is 0.335. The number of fused-ring (bicyclic) bond motifs is 1.